The predicted molar refractivity (Wildman–Crippen MR) is 104 cm³/mol. The number of hydrogen-bond donors (Lipinski definition) is 0. The Kier molecular flexibility index (Phi) is 4.86. The SMILES string of the molecule is CC(C)Oc1ccc(C(=O)N2Cc3cnn(Cc4ccc(F)cc4)c3C2)cc1. The predicted octanol–water partition coefficient (Wildman–Crippen LogP) is 4.01. The van der Waals surface area contributed by atoms with Gasteiger partial charge in [0.2, 0.25) is 0 Å². The van der Waals surface area contributed by atoms with E-state index in [4.69, 9.17) is 4.74 Å². The highest BCUT2D eigenvalue weighted by atomic mass is 19.1. The number of ether oxygens (including phenoxy) is 1. The number of carbonyl (C=O) groups is 1. The van der Waals surface area contributed by atoms with Crippen LogP contribution in [0.5, 0.6) is 5.75 Å². The minimum atomic E-state index is -0.254. The first-order chi connectivity index (χ1) is 13.5. The molecule has 0 atom stereocenters. The molecule has 3 aromatic rings. The van der Waals surface area contributed by atoms with Gasteiger partial charge in [0.25, 0.3) is 5.91 Å². The summed E-state index contributed by atoms with van der Waals surface area (Å²) >= 11 is 0. The number of aromatic nitrogens is 2. The van der Waals surface area contributed by atoms with E-state index in [1.54, 1.807) is 24.3 Å². The number of rotatable bonds is 5. The van der Waals surface area contributed by atoms with E-state index in [0.717, 1.165) is 22.6 Å². The number of nitrogens with zero attached hydrogens (tertiary/aromatic N) is 3. The van der Waals surface area contributed by atoms with Gasteiger partial charge in [-0.2, -0.15) is 5.10 Å². The monoisotopic (exact) mass is 379 g/mol. The third-order valence-electron chi connectivity index (χ3n) is 4.74. The molecule has 4 rings (SSSR count). The minimum Gasteiger partial charge on any atom is -0.491 e. The Hall–Kier alpha value is -3.15. The molecule has 0 spiro atoms. The van der Waals surface area contributed by atoms with Crippen LogP contribution in [0.15, 0.2) is 54.7 Å². The van der Waals surface area contributed by atoms with Crippen LogP contribution in [0, 0.1) is 5.82 Å². The van der Waals surface area contributed by atoms with Crippen LogP contribution in [0.25, 0.3) is 0 Å². The fourth-order valence-corrected chi connectivity index (χ4v) is 3.38. The maximum absolute atomic E-state index is 13.1. The molecule has 0 unspecified atom stereocenters. The van der Waals surface area contributed by atoms with Gasteiger partial charge in [0.05, 0.1) is 31.1 Å². The van der Waals surface area contributed by atoms with E-state index < -0.39 is 0 Å². The molecule has 28 heavy (non-hydrogen) atoms. The molecule has 5 nitrogen and oxygen atoms in total. The molecule has 6 heteroatoms. The number of fused-ring (bicyclic) bond motifs is 1. The van der Waals surface area contributed by atoms with Crippen molar-refractivity contribution in [2.75, 3.05) is 0 Å². The molecule has 0 saturated heterocycles. The molecule has 0 radical (unpaired) electrons. The van der Waals surface area contributed by atoms with Crippen LogP contribution < -0.4 is 4.74 Å². The van der Waals surface area contributed by atoms with Crippen molar-refractivity contribution in [2.45, 2.75) is 39.6 Å². The lowest BCUT2D eigenvalue weighted by atomic mass is 10.2. The Labute approximate surface area is 163 Å². The number of halogens is 1. The van der Waals surface area contributed by atoms with Crippen LogP contribution >= 0.6 is 0 Å². The summed E-state index contributed by atoms with van der Waals surface area (Å²) in [6, 6.07) is 13.6. The zero-order chi connectivity index (χ0) is 19.7. The highest BCUT2D eigenvalue weighted by Gasteiger charge is 2.27. The lowest BCUT2D eigenvalue weighted by Crippen LogP contribution is -2.26. The zero-order valence-electron chi connectivity index (χ0n) is 15.9. The molecule has 0 N–H and O–H groups in total. The topological polar surface area (TPSA) is 47.4 Å². The van der Waals surface area contributed by atoms with Crippen molar-refractivity contribution in [3.8, 4) is 5.75 Å². The third-order valence-corrected chi connectivity index (χ3v) is 4.74. The van der Waals surface area contributed by atoms with Gasteiger partial charge in [-0.3, -0.25) is 9.48 Å². The first-order valence-corrected chi connectivity index (χ1v) is 9.33. The molecular weight excluding hydrogens is 357 g/mol. The fraction of sp³-hybridized carbons (Fsp3) is 0.273. The summed E-state index contributed by atoms with van der Waals surface area (Å²) in [7, 11) is 0. The molecular formula is C22H22FN3O2. The van der Waals surface area contributed by atoms with E-state index in [1.165, 1.54) is 12.1 Å². The highest BCUT2D eigenvalue weighted by Crippen LogP contribution is 2.25. The normalized spacial score (nSPS) is 13.1. The lowest BCUT2D eigenvalue weighted by Gasteiger charge is -2.17. The number of carbonyl (C=O) groups excluding carboxylic acids is 1. The Morgan fingerprint density at radius 3 is 2.50 bits per heavy atom. The molecule has 1 aromatic heterocycles. The van der Waals surface area contributed by atoms with E-state index in [0.29, 0.717) is 25.2 Å². The van der Waals surface area contributed by atoms with Crippen molar-refractivity contribution in [2.24, 2.45) is 0 Å². The van der Waals surface area contributed by atoms with Crippen LogP contribution in [-0.4, -0.2) is 26.7 Å². The molecule has 1 aliphatic heterocycles. The summed E-state index contributed by atoms with van der Waals surface area (Å²) < 4.78 is 20.6. The molecule has 0 saturated carbocycles. The molecule has 0 aliphatic carbocycles. The van der Waals surface area contributed by atoms with E-state index in [1.807, 2.05) is 41.8 Å². The van der Waals surface area contributed by atoms with Gasteiger partial charge in [-0.25, -0.2) is 4.39 Å². The lowest BCUT2D eigenvalue weighted by molar-refractivity contribution is 0.0748. The second kappa shape index (κ2) is 7.46. The molecule has 1 amide bonds. The van der Waals surface area contributed by atoms with E-state index in [2.05, 4.69) is 5.10 Å². The smallest absolute Gasteiger partial charge is 0.254 e. The van der Waals surface area contributed by atoms with Gasteiger partial charge in [-0.15, -0.1) is 0 Å². The quantitative estimate of drug-likeness (QED) is 0.673. The fourth-order valence-electron chi connectivity index (χ4n) is 3.38. The van der Waals surface area contributed by atoms with Crippen molar-refractivity contribution < 1.29 is 13.9 Å². The minimum absolute atomic E-state index is 0.0133. The zero-order valence-corrected chi connectivity index (χ0v) is 15.9. The summed E-state index contributed by atoms with van der Waals surface area (Å²) in [6.07, 6.45) is 1.91. The molecule has 144 valence electrons. The van der Waals surface area contributed by atoms with E-state index in [9.17, 15) is 9.18 Å². The van der Waals surface area contributed by atoms with E-state index in [-0.39, 0.29) is 17.8 Å². The van der Waals surface area contributed by atoms with Gasteiger partial charge in [-0.1, -0.05) is 12.1 Å². The molecule has 2 heterocycles. The largest absolute Gasteiger partial charge is 0.491 e. The average Bonchev–Trinajstić information content (AvgIpc) is 3.25. The highest BCUT2D eigenvalue weighted by molar-refractivity contribution is 5.94. The summed E-state index contributed by atoms with van der Waals surface area (Å²) in [5, 5.41) is 4.43. The van der Waals surface area contributed by atoms with Gasteiger partial charge in [-0.05, 0) is 55.8 Å². The Morgan fingerprint density at radius 1 is 1.11 bits per heavy atom. The van der Waals surface area contributed by atoms with Gasteiger partial charge in [0.1, 0.15) is 11.6 Å². The first kappa shape index (κ1) is 18.2. The van der Waals surface area contributed by atoms with E-state index >= 15 is 0 Å². The summed E-state index contributed by atoms with van der Waals surface area (Å²) in [5.74, 6) is 0.489. The molecule has 0 fully saturated rings. The summed E-state index contributed by atoms with van der Waals surface area (Å²) in [6.45, 7) is 5.55. The molecule has 0 bridgehead atoms. The van der Waals surface area contributed by atoms with Crippen molar-refractivity contribution in [3.63, 3.8) is 0 Å². The van der Waals surface area contributed by atoms with Crippen LogP contribution in [0.2, 0.25) is 0 Å². The van der Waals surface area contributed by atoms with Crippen LogP contribution in [0.3, 0.4) is 0 Å². The van der Waals surface area contributed by atoms with Gasteiger partial charge < -0.3 is 9.64 Å². The standard InChI is InChI=1S/C22H22FN3O2/c1-15(2)28-20-9-5-17(6-10-20)22(27)25-13-18-11-24-26(21(18)14-25)12-16-3-7-19(23)8-4-16/h3-11,15H,12-14H2,1-2H3. The number of benzene rings is 2. The number of amides is 1. The van der Waals surface area contributed by atoms with Crippen LogP contribution in [0.1, 0.15) is 41.0 Å². The Bertz CT molecular complexity index is 978. The average molecular weight is 379 g/mol. The van der Waals surface area contributed by atoms with Crippen molar-refractivity contribution in [3.05, 3.63) is 82.9 Å². The van der Waals surface area contributed by atoms with Crippen molar-refractivity contribution in [1.82, 2.24) is 14.7 Å². The molecule has 2 aromatic carbocycles. The second-order valence-corrected chi connectivity index (χ2v) is 7.25. The maximum atomic E-state index is 13.1. The third kappa shape index (κ3) is 3.76. The number of hydrogen-bond acceptors (Lipinski definition) is 3. The van der Waals surface area contributed by atoms with Gasteiger partial charge in [0, 0.05) is 17.7 Å². The summed E-state index contributed by atoms with van der Waals surface area (Å²) in [5.41, 5.74) is 3.68. The molecule has 1 aliphatic rings. The van der Waals surface area contributed by atoms with Crippen LogP contribution in [0.4, 0.5) is 4.39 Å². The van der Waals surface area contributed by atoms with Crippen molar-refractivity contribution >= 4 is 5.91 Å². The Morgan fingerprint density at radius 2 is 1.82 bits per heavy atom. The first-order valence-electron chi connectivity index (χ1n) is 9.33. The van der Waals surface area contributed by atoms with Crippen LogP contribution in [-0.2, 0) is 19.6 Å². The summed E-state index contributed by atoms with van der Waals surface area (Å²) in [4.78, 5) is 14.7. The van der Waals surface area contributed by atoms with Crippen molar-refractivity contribution in [1.29, 1.82) is 0 Å². The Balaban J connectivity index is 1.45. The second-order valence-electron chi connectivity index (χ2n) is 7.25. The van der Waals surface area contributed by atoms with Gasteiger partial charge >= 0.3 is 0 Å². The maximum Gasteiger partial charge on any atom is 0.254 e. The van der Waals surface area contributed by atoms with Gasteiger partial charge in [0.15, 0.2) is 0 Å².